The van der Waals surface area contributed by atoms with Crippen LogP contribution in [0.2, 0.25) is 0 Å². The van der Waals surface area contributed by atoms with E-state index < -0.39 is 0 Å². The average Bonchev–Trinajstić information content (AvgIpc) is 3.33. The van der Waals surface area contributed by atoms with Gasteiger partial charge in [-0.15, -0.1) is 0 Å². The molecule has 0 aliphatic heterocycles. The van der Waals surface area contributed by atoms with Gasteiger partial charge in [-0.05, 0) is 93.5 Å². The Morgan fingerprint density at radius 3 is 1.38 bits per heavy atom. The lowest BCUT2D eigenvalue weighted by Gasteiger charge is -2.27. The SMILES string of the molecule is CC1=C([C@H](C)[C@@H](C)C2=C(C)Cc3ccc4ccccc4c32)c2c(ccc3ccccc23)C1. The zero-order valence-electron chi connectivity index (χ0n) is 19.5. The van der Waals surface area contributed by atoms with E-state index in [0.717, 1.165) is 12.8 Å². The third-order valence-electron chi connectivity index (χ3n) is 8.06. The number of rotatable bonds is 3. The molecule has 0 aromatic heterocycles. The monoisotopic (exact) mass is 414 g/mol. The van der Waals surface area contributed by atoms with Gasteiger partial charge < -0.3 is 0 Å². The number of fused-ring (bicyclic) bond motifs is 6. The second-order valence-electron chi connectivity index (χ2n) is 9.96. The van der Waals surface area contributed by atoms with Crippen molar-refractivity contribution in [2.75, 3.05) is 0 Å². The molecule has 32 heavy (non-hydrogen) atoms. The lowest BCUT2D eigenvalue weighted by atomic mass is 9.77. The van der Waals surface area contributed by atoms with Crippen LogP contribution in [0.5, 0.6) is 0 Å². The second kappa shape index (κ2) is 7.20. The van der Waals surface area contributed by atoms with Gasteiger partial charge in [-0.2, -0.15) is 0 Å². The normalized spacial score (nSPS) is 17.2. The predicted octanol–water partition coefficient (Wildman–Crippen LogP) is 8.62. The Morgan fingerprint density at radius 1 is 0.531 bits per heavy atom. The van der Waals surface area contributed by atoms with Crippen LogP contribution < -0.4 is 0 Å². The van der Waals surface area contributed by atoms with Crippen LogP contribution in [-0.2, 0) is 12.8 Å². The fourth-order valence-electron chi connectivity index (χ4n) is 6.49. The zero-order valence-corrected chi connectivity index (χ0v) is 19.5. The molecule has 0 bridgehead atoms. The highest BCUT2D eigenvalue weighted by atomic mass is 14.4. The fraction of sp³-hybridized carbons (Fsp3) is 0.250. The molecule has 0 spiro atoms. The van der Waals surface area contributed by atoms with Crippen molar-refractivity contribution in [2.45, 2.75) is 40.5 Å². The molecule has 158 valence electrons. The van der Waals surface area contributed by atoms with E-state index in [2.05, 4.69) is 100 Å². The average molecular weight is 415 g/mol. The fourth-order valence-corrected chi connectivity index (χ4v) is 6.49. The summed E-state index contributed by atoms with van der Waals surface area (Å²) in [5, 5.41) is 5.54. The lowest BCUT2D eigenvalue weighted by Crippen LogP contribution is -2.13. The molecule has 0 saturated carbocycles. The lowest BCUT2D eigenvalue weighted by molar-refractivity contribution is 0.587. The van der Waals surface area contributed by atoms with Crippen molar-refractivity contribution in [3.8, 4) is 0 Å². The van der Waals surface area contributed by atoms with E-state index >= 15 is 0 Å². The summed E-state index contributed by atoms with van der Waals surface area (Å²) >= 11 is 0. The molecule has 2 aliphatic rings. The van der Waals surface area contributed by atoms with Gasteiger partial charge in [0.2, 0.25) is 0 Å². The van der Waals surface area contributed by atoms with Crippen molar-refractivity contribution in [2.24, 2.45) is 11.8 Å². The third-order valence-corrected chi connectivity index (χ3v) is 8.06. The summed E-state index contributed by atoms with van der Waals surface area (Å²) in [4.78, 5) is 0. The first-order valence-corrected chi connectivity index (χ1v) is 12.0. The van der Waals surface area contributed by atoms with Gasteiger partial charge in [-0.25, -0.2) is 0 Å². The Kier molecular flexibility index (Phi) is 4.40. The van der Waals surface area contributed by atoms with Crippen LogP contribution in [0.4, 0.5) is 0 Å². The van der Waals surface area contributed by atoms with Crippen LogP contribution >= 0.6 is 0 Å². The summed E-state index contributed by atoms with van der Waals surface area (Å²) in [6.07, 6.45) is 2.17. The molecular weight excluding hydrogens is 384 g/mol. The maximum Gasteiger partial charge on any atom is -0.00575 e. The zero-order chi connectivity index (χ0) is 22.0. The van der Waals surface area contributed by atoms with Crippen molar-refractivity contribution >= 4 is 32.7 Å². The number of allylic oxidation sites excluding steroid dienone is 4. The second-order valence-corrected chi connectivity index (χ2v) is 9.96. The molecule has 0 heterocycles. The molecule has 2 atom stereocenters. The standard InChI is InChI=1S/C32H30/c1-19-17-25-15-13-23-9-5-7-11-27(23)31(25)29(19)21(3)22(4)30-20(2)18-26-16-14-24-10-6-8-12-28(24)32(26)30/h5-16,21-22H,17-18H2,1-4H3/t21-,22-/m1/s1. The van der Waals surface area contributed by atoms with Crippen molar-refractivity contribution in [1.29, 1.82) is 0 Å². The summed E-state index contributed by atoms with van der Waals surface area (Å²) in [5.74, 6) is 0.939. The largest absolute Gasteiger partial charge is 0.0648 e. The van der Waals surface area contributed by atoms with Gasteiger partial charge in [0.05, 0.1) is 0 Å². The molecule has 0 unspecified atom stereocenters. The van der Waals surface area contributed by atoms with E-state index in [-0.39, 0.29) is 0 Å². The molecule has 4 aromatic carbocycles. The molecule has 4 aromatic rings. The van der Waals surface area contributed by atoms with Crippen LogP contribution in [0.25, 0.3) is 32.7 Å². The Bertz CT molecular complexity index is 1350. The highest BCUT2D eigenvalue weighted by Gasteiger charge is 2.33. The van der Waals surface area contributed by atoms with Gasteiger partial charge in [0.15, 0.2) is 0 Å². The van der Waals surface area contributed by atoms with Crippen LogP contribution in [0.15, 0.2) is 83.9 Å². The van der Waals surface area contributed by atoms with Crippen molar-refractivity contribution in [3.05, 3.63) is 106 Å². The molecule has 2 aliphatic carbocycles. The molecule has 0 nitrogen and oxygen atoms in total. The quantitative estimate of drug-likeness (QED) is 0.315. The first kappa shape index (κ1) is 19.6. The first-order valence-electron chi connectivity index (χ1n) is 12.0. The van der Waals surface area contributed by atoms with Gasteiger partial charge >= 0.3 is 0 Å². The van der Waals surface area contributed by atoms with Crippen molar-refractivity contribution in [1.82, 2.24) is 0 Å². The third kappa shape index (κ3) is 2.75. The Balaban J connectivity index is 1.49. The van der Waals surface area contributed by atoms with Crippen LogP contribution in [0, 0.1) is 11.8 Å². The van der Waals surface area contributed by atoms with E-state index in [1.807, 2.05) is 0 Å². The maximum absolute atomic E-state index is 2.46. The minimum Gasteiger partial charge on any atom is -0.0648 e. The Labute approximate surface area is 191 Å². The Morgan fingerprint density at radius 2 is 0.938 bits per heavy atom. The smallest absolute Gasteiger partial charge is 0.00575 e. The van der Waals surface area contributed by atoms with E-state index in [1.165, 1.54) is 43.8 Å². The van der Waals surface area contributed by atoms with Gasteiger partial charge in [0, 0.05) is 0 Å². The summed E-state index contributed by atoms with van der Waals surface area (Å²) < 4.78 is 0. The molecule has 0 N–H and O–H groups in total. The first-order chi connectivity index (χ1) is 15.5. The number of hydrogen-bond donors (Lipinski definition) is 0. The minimum atomic E-state index is 0.469. The van der Waals surface area contributed by atoms with Crippen LogP contribution in [-0.4, -0.2) is 0 Å². The molecular formula is C32H30. The topological polar surface area (TPSA) is 0 Å². The van der Waals surface area contributed by atoms with Gasteiger partial charge in [-0.3, -0.25) is 0 Å². The predicted molar refractivity (Wildman–Crippen MR) is 139 cm³/mol. The molecule has 0 saturated heterocycles. The summed E-state index contributed by atoms with van der Waals surface area (Å²) in [5.41, 5.74) is 12.3. The van der Waals surface area contributed by atoms with Gasteiger partial charge in [0.25, 0.3) is 0 Å². The Hall–Kier alpha value is -3.12. The number of hydrogen-bond acceptors (Lipinski definition) is 0. The van der Waals surface area contributed by atoms with Gasteiger partial charge in [0.1, 0.15) is 0 Å². The van der Waals surface area contributed by atoms with Crippen LogP contribution in [0.1, 0.15) is 49.9 Å². The molecule has 0 fully saturated rings. The molecule has 0 amide bonds. The highest BCUT2D eigenvalue weighted by molar-refractivity contribution is 6.01. The van der Waals surface area contributed by atoms with Crippen LogP contribution in [0.3, 0.4) is 0 Å². The summed E-state index contributed by atoms with van der Waals surface area (Å²) in [6, 6.07) is 27.1. The van der Waals surface area contributed by atoms with Crippen molar-refractivity contribution in [3.63, 3.8) is 0 Å². The number of benzene rings is 4. The highest BCUT2D eigenvalue weighted by Crippen LogP contribution is 2.49. The maximum atomic E-state index is 2.46. The molecule has 0 heteroatoms. The van der Waals surface area contributed by atoms with E-state index in [4.69, 9.17) is 0 Å². The summed E-state index contributed by atoms with van der Waals surface area (Å²) in [7, 11) is 0. The van der Waals surface area contributed by atoms with E-state index in [0.29, 0.717) is 11.8 Å². The minimum absolute atomic E-state index is 0.469. The molecule has 6 rings (SSSR count). The molecule has 0 radical (unpaired) electrons. The van der Waals surface area contributed by atoms with E-state index in [1.54, 1.807) is 22.3 Å². The van der Waals surface area contributed by atoms with Crippen molar-refractivity contribution < 1.29 is 0 Å². The van der Waals surface area contributed by atoms with E-state index in [9.17, 15) is 0 Å². The van der Waals surface area contributed by atoms with Gasteiger partial charge in [-0.1, -0.05) is 97.8 Å². The summed E-state index contributed by atoms with van der Waals surface area (Å²) in [6.45, 7) is 9.63.